The van der Waals surface area contributed by atoms with E-state index in [4.69, 9.17) is 4.74 Å². The summed E-state index contributed by atoms with van der Waals surface area (Å²) < 4.78 is 5.49. The summed E-state index contributed by atoms with van der Waals surface area (Å²) in [6.07, 6.45) is 70.2. The first kappa shape index (κ1) is 65.1. The van der Waals surface area contributed by atoms with Gasteiger partial charge in [-0.1, -0.05) is 275 Å². The zero-order valence-electron chi connectivity index (χ0n) is 44.9. The number of unbranched alkanes of at least 4 members (excludes halogenated alkanes) is 40. The van der Waals surface area contributed by atoms with Crippen molar-refractivity contribution in [2.24, 2.45) is 0 Å². The number of ether oxygens (including phenoxy) is 1. The number of hydrogen-bond acceptors (Lipinski definition) is 5. The van der Waals surface area contributed by atoms with Crippen molar-refractivity contribution in [3.8, 4) is 0 Å². The van der Waals surface area contributed by atoms with Gasteiger partial charge in [-0.25, -0.2) is 0 Å². The van der Waals surface area contributed by atoms with Crippen LogP contribution in [0.25, 0.3) is 0 Å². The lowest BCUT2D eigenvalue weighted by Crippen LogP contribution is -2.45. The first-order chi connectivity index (χ1) is 33.0. The third-order valence-electron chi connectivity index (χ3n) is 13.7. The number of amides is 1. The largest absolute Gasteiger partial charge is 0.466 e. The van der Waals surface area contributed by atoms with Crippen molar-refractivity contribution in [3.05, 3.63) is 36.5 Å². The van der Waals surface area contributed by atoms with Crippen LogP contribution < -0.4 is 5.32 Å². The van der Waals surface area contributed by atoms with Gasteiger partial charge in [-0.2, -0.15) is 0 Å². The van der Waals surface area contributed by atoms with Gasteiger partial charge in [-0.3, -0.25) is 9.59 Å². The summed E-state index contributed by atoms with van der Waals surface area (Å²) in [6.45, 7) is 4.87. The summed E-state index contributed by atoms with van der Waals surface area (Å²) in [5.41, 5.74) is 0. The minimum atomic E-state index is -0.852. The number of esters is 1. The van der Waals surface area contributed by atoms with Crippen LogP contribution in [0, 0.1) is 0 Å². The summed E-state index contributed by atoms with van der Waals surface area (Å²) in [6, 6.07) is -0.637. The molecule has 0 spiro atoms. The maximum atomic E-state index is 12.5. The minimum absolute atomic E-state index is 0.00706. The number of aliphatic hydroxyl groups is 2. The number of hydrogen-bond donors (Lipinski definition) is 3. The molecule has 0 heterocycles. The molecule has 0 rings (SSSR count). The Morgan fingerprint density at radius 2 is 0.746 bits per heavy atom. The molecule has 394 valence electrons. The zero-order valence-corrected chi connectivity index (χ0v) is 44.9. The zero-order chi connectivity index (χ0) is 48.6. The van der Waals surface area contributed by atoms with Crippen molar-refractivity contribution < 1.29 is 24.5 Å². The van der Waals surface area contributed by atoms with E-state index in [1.165, 1.54) is 225 Å². The van der Waals surface area contributed by atoms with Crippen molar-refractivity contribution in [2.75, 3.05) is 13.2 Å². The van der Waals surface area contributed by atoms with E-state index in [0.29, 0.717) is 19.4 Å². The van der Waals surface area contributed by atoms with Gasteiger partial charge in [-0.05, 0) is 64.2 Å². The fourth-order valence-corrected chi connectivity index (χ4v) is 9.08. The lowest BCUT2D eigenvalue weighted by atomic mass is 10.0. The molecule has 6 heteroatoms. The van der Waals surface area contributed by atoms with Crippen molar-refractivity contribution in [3.63, 3.8) is 0 Å². The Morgan fingerprint density at radius 3 is 1.16 bits per heavy atom. The molecule has 0 aromatic heterocycles. The van der Waals surface area contributed by atoms with E-state index in [2.05, 4.69) is 43.5 Å². The van der Waals surface area contributed by atoms with E-state index in [9.17, 15) is 19.8 Å². The SMILES string of the molecule is CCCCC/C=C\C/C=C\CCCCCCCCCCCC(=O)OCCCCCCCCCCCCCCCCC(=O)NC(CO)C(O)/C=C/CCCCCCCCCCCCCCCCC. The van der Waals surface area contributed by atoms with Crippen LogP contribution in [0.1, 0.15) is 316 Å². The molecule has 0 bridgehead atoms. The van der Waals surface area contributed by atoms with Gasteiger partial charge in [0, 0.05) is 12.8 Å². The van der Waals surface area contributed by atoms with E-state index in [-0.39, 0.29) is 18.5 Å². The van der Waals surface area contributed by atoms with E-state index in [0.717, 1.165) is 64.2 Å². The molecule has 2 unspecified atom stereocenters. The number of carbonyl (C=O) groups excluding carboxylic acids is 2. The van der Waals surface area contributed by atoms with Gasteiger partial charge in [0.15, 0.2) is 0 Å². The predicted octanol–water partition coefficient (Wildman–Crippen LogP) is 18.4. The van der Waals surface area contributed by atoms with Crippen LogP contribution >= 0.6 is 0 Å². The maximum absolute atomic E-state index is 12.5. The molecule has 6 nitrogen and oxygen atoms in total. The minimum Gasteiger partial charge on any atom is -0.466 e. The average Bonchev–Trinajstić information content (AvgIpc) is 3.33. The van der Waals surface area contributed by atoms with E-state index < -0.39 is 12.1 Å². The molecule has 0 fully saturated rings. The van der Waals surface area contributed by atoms with Crippen LogP contribution in [0.5, 0.6) is 0 Å². The highest BCUT2D eigenvalue weighted by molar-refractivity contribution is 5.76. The summed E-state index contributed by atoms with van der Waals surface area (Å²) in [7, 11) is 0. The van der Waals surface area contributed by atoms with Gasteiger partial charge in [-0.15, -0.1) is 0 Å². The first-order valence-corrected chi connectivity index (χ1v) is 29.8. The molecule has 0 aliphatic heterocycles. The van der Waals surface area contributed by atoms with Crippen LogP contribution in [0.4, 0.5) is 0 Å². The number of rotatable bonds is 55. The van der Waals surface area contributed by atoms with Gasteiger partial charge in [0.2, 0.25) is 5.91 Å². The smallest absolute Gasteiger partial charge is 0.305 e. The fourth-order valence-electron chi connectivity index (χ4n) is 9.08. The van der Waals surface area contributed by atoms with Gasteiger partial charge in [0.25, 0.3) is 0 Å². The van der Waals surface area contributed by atoms with Gasteiger partial charge < -0.3 is 20.3 Å². The van der Waals surface area contributed by atoms with Gasteiger partial charge in [0.1, 0.15) is 0 Å². The van der Waals surface area contributed by atoms with E-state index >= 15 is 0 Å². The third-order valence-corrected chi connectivity index (χ3v) is 13.7. The Labute approximate surface area is 417 Å². The Kier molecular flexibility index (Phi) is 55.0. The van der Waals surface area contributed by atoms with Crippen LogP contribution in [-0.2, 0) is 14.3 Å². The number of allylic oxidation sites excluding steroid dienone is 5. The molecule has 0 aliphatic rings. The molecular weight excluding hydrogens is 827 g/mol. The molecule has 0 radical (unpaired) electrons. The van der Waals surface area contributed by atoms with Crippen molar-refractivity contribution >= 4 is 11.9 Å². The van der Waals surface area contributed by atoms with Crippen molar-refractivity contribution in [2.45, 2.75) is 328 Å². The standard InChI is InChI=1S/C61H115NO5/c1-3-5-7-9-11-13-15-17-19-21-22-24-26-31-35-39-43-47-51-55-61(66)67-56-52-48-44-40-36-32-28-27-30-34-38-42-46-50-54-60(65)62-58(57-63)59(64)53-49-45-41-37-33-29-25-23-20-18-16-14-12-10-8-6-4-2/h11,13,17,19,49,53,58-59,63-64H,3-10,12,14-16,18,20-48,50-52,54-57H2,1-2H3,(H,62,65)/b13-11-,19-17-,53-49+. The van der Waals surface area contributed by atoms with E-state index in [1.54, 1.807) is 6.08 Å². The molecular formula is C61H115NO5. The number of carbonyl (C=O) groups is 2. The second-order valence-corrected chi connectivity index (χ2v) is 20.3. The Hall–Kier alpha value is -1.92. The molecule has 0 saturated carbocycles. The number of nitrogens with one attached hydrogen (secondary N) is 1. The third kappa shape index (κ3) is 53.3. The second kappa shape index (κ2) is 56.7. The highest BCUT2D eigenvalue weighted by Crippen LogP contribution is 2.17. The monoisotopic (exact) mass is 942 g/mol. The lowest BCUT2D eigenvalue weighted by molar-refractivity contribution is -0.143. The van der Waals surface area contributed by atoms with Crippen LogP contribution in [-0.4, -0.2) is 47.4 Å². The van der Waals surface area contributed by atoms with Crippen LogP contribution in [0.2, 0.25) is 0 Å². The molecule has 0 aromatic rings. The fraction of sp³-hybridized carbons (Fsp3) is 0.869. The summed E-state index contributed by atoms with van der Waals surface area (Å²) in [5.74, 6) is -0.0842. The summed E-state index contributed by atoms with van der Waals surface area (Å²) >= 11 is 0. The maximum Gasteiger partial charge on any atom is 0.305 e. The van der Waals surface area contributed by atoms with Crippen LogP contribution in [0.15, 0.2) is 36.5 Å². The quantitative estimate of drug-likeness (QED) is 0.0321. The summed E-state index contributed by atoms with van der Waals surface area (Å²) in [4.78, 5) is 24.6. The number of aliphatic hydroxyl groups excluding tert-OH is 2. The van der Waals surface area contributed by atoms with Gasteiger partial charge >= 0.3 is 5.97 Å². The van der Waals surface area contributed by atoms with Crippen LogP contribution in [0.3, 0.4) is 0 Å². The van der Waals surface area contributed by atoms with E-state index in [1.807, 2.05) is 6.08 Å². The lowest BCUT2D eigenvalue weighted by Gasteiger charge is -2.20. The molecule has 0 saturated heterocycles. The highest BCUT2D eigenvalue weighted by Gasteiger charge is 2.18. The van der Waals surface area contributed by atoms with Crippen molar-refractivity contribution in [1.29, 1.82) is 0 Å². The predicted molar refractivity (Wildman–Crippen MR) is 292 cm³/mol. The second-order valence-electron chi connectivity index (χ2n) is 20.3. The topological polar surface area (TPSA) is 95.9 Å². The molecule has 0 aliphatic carbocycles. The van der Waals surface area contributed by atoms with Crippen molar-refractivity contribution in [1.82, 2.24) is 5.32 Å². The average molecular weight is 943 g/mol. The molecule has 67 heavy (non-hydrogen) atoms. The Balaban J connectivity index is 3.46. The molecule has 3 N–H and O–H groups in total. The highest BCUT2D eigenvalue weighted by atomic mass is 16.5. The molecule has 1 amide bonds. The van der Waals surface area contributed by atoms with Gasteiger partial charge in [0.05, 0.1) is 25.4 Å². The first-order valence-electron chi connectivity index (χ1n) is 29.8. The molecule has 2 atom stereocenters. The Bertz CT molecular complexity index is 1090. The Morgan fingerprint density at radius 1 is 0.418 bits per heavy atom. The summed E-state index contributed by atoms with van der Waals surface area (Å²) in [5, 5.41) is 23.1. The normalized spacial score (nSPS) is 12.8. The molecule has 0 aromatic carbocycles.